The van der Waals surface area contributed by atoms with Crippen LogP contribution in [0.5, 0.6) is 0 Å². The van der Waals surface area contributed by atoms with Crippen molar-refractivity contribution >= 4 is 23.2 Å². The number of aromatic nitrogens is 2. The van der Waals surface area contributed by atoms with Gasteiger partial charge in [0.1, 0.15) is 0 Å². The Hall–Kier alpha value is -1.10. The van der Waals surface area contributed by atoms with Crippen molar-refractivity contribution in [1.82, 2.24) is 10.2 Å². The Morgan fingerprint density at radius 3 is 2.67 bits per heavy atom. The minimum absolute atomic E-state index is 0.207. The third-order valence-corrected chi connectivity index (χ3v) is 2.35. The number of nitrogens with zero attached hydrogens (tertiary/aromatic N) is 2. The lowest BCUT2D eigenvalue weighted by Gasteiger charge is -1.98. The zero-order chi connectivity index (χ0) is 10.8. The molecule has 2 rings (SSSR count). The van der Waals surface area contributed by atoms with E-state index in [-0.39, 0.29) is 6.54 Å². The van der Waals surface area contributed by atoms with Crippen molar-refractivity contribution < 1.29 is 4.42 Å². The molecule has 2 N–H and O–H groups in total. The van der Waals surface area contributed by atoms with Crippen LogP contribution in [0, 0.1) is 0 Å². The van der Waals surface area contributed by atoms with Gasteiger partial charge in [0.2, 0.25) is 11.8 Å². The lowest BCUT2D eigenvalue weighted by atomic mass is 10.2. The minimum Gasteiger partial charge on any atom is -0.419 e. The van der Waals surface area contributed by atoms with Gasteiger partial charge in [0.25, 0.3) is 0 Å². The van der Waals surface area contributed by atoms with Crippen LogP contribution in [-0.2, 0) is 6.54 Å². The predicted molar refractivity (Wildman–Crippen MR) is 57.6 cm³/mol. The Kier molecular flexibility index (Phi) is 2.90. The van der Waals surface area contributed by atoms with Gasteiger partial charge in [0.15, 0.2) is 0 Å². The summed E-state index contributed by atoms with van der Waals surface area (Å²) in [5.74, 6) is 0.716. The second kappa shape index (κ2) is 4.18. The standard InChI is InChI=1S/C9H7Cl2N3O/c10-5-1-2-6(7(11)3-5)9-14-13-8(4-12)15-9/h1-3H,4,12H2. The fourth-order valence-corrected chi connectivity index (χ4v) is 1.60. The van der Waals surface area contributed by atoms with E-state index in [1.165, 1.54) is 0 Å². The van der Waals surface area contributed by atoms with E-state index in [0.717, 1.165) is 0 Å². The van der Waals surface area contributed by atoms with E-state index in [1.54, 1.807) is 18.2 Å². The molecule has 1 aromatic carbocycles. The molecular formula is C9H7Cl2N3O. The molecule has 1 heterocycles. The third kappa shape index (κ3) is 2.12. The summed E-state index contributed by atoms with van der Waals surface area (Å²) in [4.78, 5) is 0. The predicted octanol–water partition coefficient (Wildman–Crippen LogP) is 2.50. The molecular weight excluding hydrogens is 237 g/mol. The molecule has 1 aromatic heterocycles. The summed E-state index contributed by atoms with van der Waals surface area (Å²) >= 11 is 11.7. The van der Waals surface area contributed by atoms with E-state index in [0.29, 0.717) is 27.4 Å². The second-order valence-corrected chi connectivity index (χ2v) is 3.67. The summed E-state index contributed by atoms with van der Waals surface area (Å²) in [5.41, 5.74) is 6.00. The van der Waals surface area contributed by atoms with Crippen molar-refractivity contribution in [3.8, 4) is 11.5 Å². The van der Waals surface area contributed by atoms with Crippen LogP contribution in [0.4, 0.5) is 0 Å². The maximum absolute atomic E-state index is 5.97. The van der Waals surface area contributed by atoms with Crippen LogP contribution in [0.3, 0.4) is 0 Å². The van der Waals surface area contributed by atoms with Crippen molar-refractivity contribution in [2.75, 3.05) is 0 Å². The molecule has 6 heteroatoms. The van der Waals surface area contributed by atoms with Crippen LogP contribution in [0.25, 0.3) is 11.5 Å². The van der Waals surface area contributed by atoms with Crippen LogP contribution >= 0.6 is 23.2 Å². The van der Waals surface area contributed by atoms with Crippen molar-refractivity contribution in [3.63, 3.8) is 0 Å². The van der Waals surface area contributed by atoms with E-state index in [1.807, 2.05) is 0 Å². The zero-order valence-electron chi connectivity index (χ0n) is 7.58. The normalized spacial score (nSPS) is 10.6. The van der Waals surface area contributed by atoms with Crippen molar-refractivity contribution in [2.24, 2.45) is 5.73 Å². The number of nitrogens with two attached hydrogens (primary N) is 1. The monoisotopic (exact) mass is 243 g/mol. The second-order valence-electron chi connectivity index (χ2n) is 2.83. The van der Waals surface area contributed by atoms with Gasteiger partial charge in [0.05, 0.1) is 17.1 Å². The summed E-state index contributed by atoms with van der Waals surface area (Å²) in [6.45, 7) is 0.207. The Labute approximate surface area is 96.0 Å². The zero-order valence-corrected chi connectivity index (χ0v) is 9.09. The van der Waals surface area contributed by atoms with Crippen LogP contribution in [0.15, 0.2) is 22.6 Å². The summed E-state index contributed by atoms with van der Waals surface area (Å²) in [7, 11) is 0. The Morgan fingerprint density at radius 2 is 2.07 bits per heavy atom. The van der Waals surface area contributed by atoms with Crippen molar-refractivity contribution in [2.45, 2.75) is 6.54 Å². The molecule has 0 saturated carbocycles. The maximum atomic E-state index is 5.97. The van der Waals surface area contributed by atoms with E-state index in [4.69, 9.17) is 33.4 Å². The van der Waals surface area contributed by atoms with Crippen LogP contribution in [-0.4, -0.2) is 10.2 Å². The fraction of sp³-hybridized carbons (Fsp3) is 0.111. The number of hydrogen-bond acceptors (Lipinski definition) is 4. The SMILES string of the molecule is NCc1nnc(-c2ccc(Cl)cc2Cl)o1. The van der Waals surface area contributed by atoms with Gasteiger partial charge in [-0.1, -0.05) is 23.2 Å². The average molecular weight is 244 g/mol. The van der Waals surface area contributed by atoms with E-state index >= 15 is 0 Å². The lowest BCUT2D eigenvalue weighted by Crippen LogP contribution is -1.95. The fourth-order valence-electron chi connectivity index (χ4n) is 1.11. The first-order valence-corrected chi connectivity index (χ1v) is 4.94. The van der Waals surface area contributed by atoms with E-state index in [9.17, 15) is 0 Å². The van der Waals surface area contributed by atoms with E-state index in [2.05, 4.69) is 10.2 Å². The minimum atomic E-state index is 0.207. The van der Waals surface area contributed by atoms with Crippen molar-refractivity contribution in [3.05, 3.63) is 34.1 Å². The van der Waals surface area contributed by atoms with Gasteiger partial charge in [-0.25, -0.2) is 0 Å². The van der Waals surface area contributed by atoms with E-state index < -0.39 is 0 Å². The topological polar surface area (TPSA) is 64.9 Å². The molecule has 0 atom stereocenters. The maximum Gasteiger partial charge on any atom is 0.249 e. The first-order valence-electron chi connectivity index (χ1n) is 4.18. The van der Waals surface area contributed by atoms with Gasteiger partial charge in [-0.3, -0.25) is 0 Å². The summed E-state index contributed by atoms with van der Waals surface area (Å²) < 4.78 is 5.26. The first-order chi connectivity index (χ1) is 7.20. The quantitative estimate of drug-likeness (QED) is 0.881. The number of rotatable bonds is 2. The Morgan fingerprint density at radius 1 is 1.27 bits per heavy atom. The van der Waals surface area contributed by atoms with Crippen molar-refractivity contribution in [1.29, 1.82) is 0 Å². The highest BCUT2D eigenvalue weighted by Crippen LogP contribution is 2.29. The molecule has 78 valence electrons. The van der Waals surface area contributed by atoms with Crippen LogP contribution < -0.4 is 5.73 Å². The molecule has 0 unspecified atom stereocenters. The molecule has 0 fully saturated rings. The molecule has 0 saturated heterocycles. The lowest BCUT2D eigenvalue weighted by molar-refractivity contribution is 0.509. The molecule has 0 aliphatic rings. The summed E-state index contributed by atoms with van der Waals surface area (Å²) in [6, 6.07) is 5.04. The number of hydrogen-bond donors (Lipinski definition) is 1. The third-order valence-electron chi connectivity index (χ3n) is 1.80. The van der Waals surface area contributed by atoms with Gasteiger partial charge in [-0.15, -0.1) is 10.2 Å². The molecule has 0 aliphatic carbocycles. The van der Waals surface area contributed by atoms with Gasteiger partial charge in [0, 0.05) is 5.02 Å². The van der Waals surface area contributed by atoms with Gasteiger partial charge in [-0.2, -0.15) is 0 Å². The largest absolute Gasteiger partial charge is 0.419 e. The molecule has 2 aromatic rings. The highest BCUT2D eigenvalue weighted by molar-refractivity contribution is 6.36. The molecule has 0 bridgehead atoms. The first kappa shape index (κ1) is 10.4. The van der Waals surface area contributed by atoms with Crippen LogP contribution in [0.2, 0.25) is 10.0 Å². The Bertz CT molecular complexity index is 484. The van der Waals surface area contributed by atoms with Gasteiger partial charge in [-0.05, 0) is 18.2 Å². The molecule has 0 amide bonds. The Balaban J connectivity index is 2.44. The smallest absolute Gasteiger partial charge is 0.249 e. The summed E-state index contributed by atoms with van der Waals surface area (Å²) in [6.07, 6.45) is 0. The summed E-state index contributed by atoms with van der Waals surface area (Å²) in [5, 5.41) is 8.59. The average Bonchev–Trinajstić information content (AvgIpc) is 2.66. The molecule has 15 heavy (non-hydrogen) atoms. The van der Waals surface area contributed by atoms with Gasteiger partial charge < -0.3 is 10.2 Å². The van der Waals surface area contributed by atoms with Crippen LogP contribution in [0.1, 0.15) is 5.89 Å². The molecule has 0 aliphatic heterocycles. The highest BCUT2D eigenvalue weighted by atomic mass is 35.5. The van der Waals surface area contributed by atoms with Gasteiger partial charge >= 0.3 is 0 Å². The molecule has 0 spiro atoms. The molecule has 4 nitrogen and oxygen atoms in total. The number of benzene rings is 1. The highest BCUT2D eigenvalue weighted by Gasteiger charge is 2.11. The number of halogens is 2. The molecule has 0 radical (unpaired) electrons.